The zero-order valence-corrected chi connectivity index (χ0v) is 22.0. The monoisotopic (exact) mass is 635 g/mol. The van der Waals surface area contributed by atoms with E-state index in [9.17, 15) is 0 Å². The first-order valence-corrected chi connectivity index (χ1v) is 11.5. The quantitative estimate of drug-likeness (QED) is 0.198. The molecular formula is C30H24N4Pt. The minimum absolute atomic E-state index is 0. The van der Waals surface area contributed by atoms with Gasteiger partial charge in [-0.3, -0.25) is 9.97 Å². The molecule has 35 heavy (non-hydrogen) atoms. The number of aromatic nitrogens is 4. The molecular weight excluding hydrogens is 611 g/mol. The van der Waals surface area contributed by atoms with Crippen LogP contribution in [-0.2, 0) is 26.5 Å². The number of para-hydroxylation sites is 1. The van der Waals surface area contributed by atoms with Crippen molar-refractivity contribution in [2.45, 2.75) is 26.2 Å². The van der Waals surface area contributed by atoms with E-state index in [1.54, 1.807) is 6.20 Å². The van der Waals surface area contributed by atoms with Crippen molar-refractivity contribution in [2.75, 3.05) is 0 Å². The fraction of sp³-hybridized carbons (Fsp3) is 0.133. The van der Waals surface area contributed by atoms with Gasteiger partial charge in [0.05, 0.1) is 5.65 Å². The zero-order valence-electron chi connectivity index (χ0n) is 19.8. The normalized spacial score (nSPS) is 11.6. The van der Waals surface area contributed by atoms with Gasteiger partial charge in [-0.1, -0.05) is 104 Å². The Hall–Kier alpha value is -3.49. The maximum atomic E-state index is 5.13. The third kappa shape index (κ3) is 4.24. The van der Waals surface area contributed by atoms with Crippen molar-refractivity contribution in [2.24, 2.45) is 0 Å². The Kier molecular flexibility index (Phi) is 5.94. The molecule has 0 atom stereocenters. The predicted octanol–water partition coefficient (Wildman–Crippen LogP) is 6.96. The molecule has 4 heterocycles. The molecule has 0 aliphatic heterocycles. The van der Waals surface area contributed by atoms with Crippen molar-refractivity contribution >= 4 is 21.9 Å². The van der Waals surface area contributed by atoms with Gasteiger partial charge in [0.2, 0.25) is 0 Å². The van der Waals surface area contributed by atoms with Gasteiger partial charge in [-0.15, -0.1) is 24.3 Å². The number of nitrogens with zero attached hydrogens (tertiary/aromatic N) is 4. The van der Waals surface area contributed by atoms with Gasteiger partial charge >= 0.3 is 21.1 Å². The molecule has 6 aromatic rings. The van der Waals surface area contributed by atoms with E-state index in [1.807, 2.05) is 48.5 Å². The summed E-state index contributed by atoms with van der Waals surface area (Å²) in [5.41, 5.74) is 6.68. The van der Waals surface area contributed by atoms with Gasteiger partial charge in [-0.25, -0.2) is 0 Å². The summed E-state index contributed by atoms with van der Waals surface area (Å²) in [5.74, 6) is 0.900. The molecule has 2 aromatic carbocycles. The molecule has 0 unspecified atom stereocenters. The van der Waals surface area contributed by atoms with E-state index in [0.29, 0.717) is 0 Å². The maximum Gasteiger partial charge on any atom is 2.00 e. The molecule has 0 radical (unpaired) electrons. The van der Waals surface area contributed by atoms with Crippen LogP contribution in [0.5, 0.6) is 0 Å². The first kappa shape index (κ1) is 23.3. The Morgan fingerprint density at radius 1 is 0.771 bits per heavy atom. The van der Waals surface area contributed by atoms with E-state index in [1.165, 1.54) is 5.69 Å². The molecule has 5 heteroatoms. The van der Waals surface area contributed by atoms with Crippen LogP contribution in [0.4, 0.5) is 0 Å². The van der Waals surface area contributed by atoms with Gasteiger partial charge in [-0.05, 0) is 27.8 Å². The largest absolute Gasteiger partial charge is 2.00 e. The maximum absolute atomic E-state index is 5.13. The Morgan fingerprint density at radius 3 is 2.29 bits per heavy atom. The van der Waals surface area contributed by atoms with Crippen LogP contribution in [-0.4, -0.2) is 14.5 Å². The van der Waals surface area contributed by atoms with Crippen LogP contribution in [0.1, 0.15) is 26.5 Å². The van der Waals surface area contributed by atoms with Crippen molar-refractivity contribution < 1.29 is 21.1 Å². The predicted molar refractivity (Wildman–Crippen MR) is 138 cm³/mol. The average molecular weight is 636 g/mol. The topological polar surface area (TPSA) is 44.8 Å². The molecule has 0 spiro atoms. The first-order chi connectivity index (χ1) is 16.5. The third-order valence-corrected chi connectivity index (χ3v) is 6.12. The van der Waals surface area contributed by atoms with E-state index in [-0.39, 0.29) is 26.5 Å². The summed E-state index contributed by atoms with van der Waals surface area (Å²) in [6.07, 6.45) is 1.80. The summed E-state index contributed by atoms with van der Waals surface area (Å²) >= 11 is 0. The summed E-state index contributed by atoms with van der Waals surface area (Å²) in [5, 5.41) is 2.23. The number of hydrogen-bond donors (Lipinski definition) is 0. The van der Waals surface area contributed by atoms with Gasteiger partial charge in [-0.2, -0.15) is 0 Å². The Balaban J connectivity index is 0.00000253. The molecule has 0 aliphatic carbocycles. The number of hydrogen-bond acceptors (Lipinski definition) is 2. The fourth-order valence-electron chi connectivity index (χ4n) is 4.42. The standard InChI is InChI=1S/C30H24N4.Pt/c1-30(2,3)27-18-23-14-15-26(21-11-8-10-20(17-21)24-12-6-7-16-31-24)33-29(23)34(27)28-19-22-9-4-5-13-25(22)32-28;/h4-16,18-19H,1-3H3;/q-2;+2. The number of rotatable bonds is 3. The van der Waals surface area contributed by atoms with E-state index >= 15 is 0 Å². The molecule has 0 saturated heterocycles. The molecule has 0 saturated carbocycles. The van der Waals surface area contributed by atoms with Crippen molar-refractivity contribution in [3.8, 4) is 28.3 Å². The summed E-state index contributed by atoms with van der Waals surface area (Å²) in [6, 6.07) is 32.4. The van der Waals surface area contributed by atoms with Crippen LogP contribution in [0.25, 0.3) is 50.3 Å². The van der Waals surface area contributed by atoms with Crippen LogP contribution in [0.3, 0.4) is 0 Å². The van der Waals surface area contributed by atoms with Gasteiger partial charge < -0.3 is 9.55 Å². The summed E-state index contributed by atoms with van der Waals surface area (Å²) in [4.78, 5) is 14.5. The second-order valence-corrected chi connectivity index (χ2v) is 9.59. The minimum atomic E-state index is -0.0724. The summed E-state index contributed by atoms with van der Waals surface area (Å²) in [6.45, 7) is 6.68. The molecule has 0 amide bonds. The van der Waals surface area contributed by atoms with Gasteiger partial charge in [0.15, 0.2) is 0 Å². The summed E-state index contributed by atoms with van der Waals surface area (Å²) in [7, 11) is 0. The van der Waals surface area contributed by atoms with Gasteiger partial charge in [0.1, 0.15) is 0 Å². The van der Waals surface area contributed by atoms with Crippen molar-refractivity contribution in [3.05, 3.63) is 103 Å². The van der Waals surface area contributed by atoms with E-state index in [2.05, 4.69) is 72.8 Å². The van der Waals surface area contributed by atoms with E-state index < -0.39 is 0 Å². The average Bonchev–Trinajstić information content (AvgIpc) is 3.45. The minimum Gasteiger partial charge on any atom is -0.435 e. The van der Waals surface area contributed by atoms with Crippen LogP contribution >= 0.6 is 0 Å². The molecule has 0 aliphatic rings. The van der Waals surface area contributed by atoms with E-state index in [0.717, 1.165) is 50.3 Å². The van der Waals surface area contributed by atoms with Crippen LogP contribution < -0.4 is 4.98 Å². The van der Waals surface area contributed by atoms with Crippen LogP contribution in [0, 0.1) is 6.07 Å². The molecule has 4 nitrogen and oxygen atoms in total. The fourth-order valence-corrected chi connectivity index (χ4v) is 4.42. The Bertz CT molecular complexity index is 1610. The summed E-state index contributed by atoms with van der Waals surface area (Å²) < 4.78 is 2.21. The number of fused-ring (bicyclic) bond motifs is 2. The molecule has 4 aromatic heterocycles. The molecule has 174 valence electrons. The van der Waals surface area contributed by atoms with Gasteiger partial charge in [0.25, 0.3) is 0 Å². The molecule has 0 N–H and O–H groups in total. The van der Waals surface area contributed by atoms with Crippen LogP contribution in [0.2, 0.25) is 0 Å². The zero-order chi connectivity index (χ0) is 23.3. The van der Waals surface area contributed by atoms with Gasteiger partial charge in [0, 0.05) is 17.6 Å². The molecule has 6 rings (SSSR count). The number of benzene rings is 2. The Morgan fingerprint density at radius 2 is 1.54 bits per heavy atom. The smallest absolute Gasteiger partial charge is 0.435 e. The van der Waals surface area contributed by atoms with Crippen molar-refractivity contribution in [1.29, 1.82) is 0 Å². The van der Waals surface area contributed by atoms with Crippen LogP contribution in [0.15, 0.2) is 91.1 Å². The van der Waals surface area contributed by atoms with Crippen molar-refractivity contribution in [3.63, 3.8) is 0 Å². The molecule has 0 bridgehead atoms. The van der Waals surface area contributed by atoms with Crippen molar-refractivity contribution in [1.82, 2.24) is 19.5 Å². The second kappa shape index (κ2) is 8.94. The first-order valence-electron chi connectivity index (χ1n) is 11.5. The second-order valence-electron chi connectivity index (χ2n) is 9.59. The SMILES string of the molecule is CC(C)(C)c1cc2ccc(-c3[c-]c(-c4ccccn4)ccc3)nc2n1-c1cc2ccccc2[n-]1.[Pt+2]. The molecule has 0 fully saturated rings. The Labute approximate surface area is 219 Å². The number of pyridine rings is 2. The van der Waals surface area contributed by atoms with E-state index in [4.69, 9.17) is 9.97 Å². The third-order valence-electron chi connectivity index (χ3n) is 6.12.